The zero-order valence-electron chi connectivity index (χ0n) is 11.3. The second kappa shape index (κ2) is 7.13. The Kier molecular flexibility index (Phi) is 5.82. The van der Waals surface area contributed by atoms with Crippen molar-refractivity contribution in [2.45, 2.75) is 13.3 Å². The Hall–Kier alpha value is -1.56. The minimum absolute atomic E-state index is 0.0855. The first-order chi connectivity index (χ1) is 8.94. The van der Waals surface area contributed by atoms with Gasteiger partial charge in [-0.3, -0.25) is 4.79 Å². The molecule has 0 aliphatic heterocycles. The second-order valence-corrected chi connectivity index (χ2v) is 6.57. The van der Waals surface area contributed by atoms with Crippen molar-refractivity contribution in [1.82, 2.24) is 5.32 Å². The first-order valence-electron chi connectivity index (χ1n) is 6.23. The summed E-state index contributed by atoms with van der Waals surface area (Å²) in [6, 6.07) is 7.24. The van der Waals surface area contributed by atoms with Crippen LogP contribution in [0.3, 0.4) is 0 Å². The van der Waals surface area contributed by atoms with Crippen LogP contribution in [-0.2, 0) is 9.84 Å². The zero-order chi connectivity index (χ0) is 14.3. The summed E-state index contributed by atoms with van der Waals surface area (Å²) in [7, 11) is -2.97. The fourth-order valence-corrected chi connectivity index (χ4v) is 2.33. The number of carbonyl (C=O) groups excluding carboxylic acids is 1. The highest BCUT2D eigenvalue weighted by atomic mass is 32.2. The minimum Gasteiger partial charge on any atom is -0.385 e. The maximum atomic E-state index is 12.0. The third kappa shape index (κ3) is 5.74. The normalized spacial score (nSPS) is 11.1. The Morgan fingerprint density at radius 2 is 1.95 bits per heavy atom. The van der Waals surface area contributed by atoms with Crippen molar-refractivity contribution < 1.29 is 13.2 Å². The van der Waals surface area contributed by atoms with E-state index < -0.39 is 9.84 Å². The van der Waals surface area contributed by atoms with Crippen LogP contribution in [0.1, 0.15) is 23.7 Å². The molecule has 2 N–H and O–H groups in total. The number of carbonyl (C=O) groups is 1. The number of rotatable bonds is 7. The summed E-state index contributed by atoms with van der Waals surface area (Å²) in [5.41, 5.74) is 1.36. The van der Waals surface area contributed by atoms with Crippen LogP contribution < -0.4 is 10.6 Å². The molecule has 1 aromatic rings. The quantitative estimate of drug-likeness (QED) is 0.740. The van der Waals surface area contributed by atoms with Crippen LogP contribution in [-0.4, -0.2) is 39.4 Å². The second-order valence-electron chi connectivity index (χ2n) is 4.32. The molecule has 19 heavy (non-hydrogen) atoms. The van der Waals surface area contributed by atoms with Crippen LogP contribution in [0, 0.1) is 0 Å². The average molecular weight is 284 g/mol. The molecule has 0 bridgehead atoms. The molecule has 0 spiro atoms. The van der Waals surface area contributed by atoms with Gasteiger partial charge in [0.15, 0.2) is 0 Å². The van der Waals surface area contributed by atoms with E-state index in [4.69, 9.17) is 0 Å². The van der Waals surface area contributed by atoms with E-state index in [9.17, 15) is 13.2 Å². The van der Waals surface area contributed by atoms with E-state index in [2.05, 4.69) is 10.6 Å². The highest BCUT2D eigenvalue weighted by Crippen LogP contribution is 2.14. The Morgan fingerprint density at radius 1 is 1.26 bits per heavy atom. The lowest BCUT2D eigenvalue weighted by Crippen LogP contribution is -2.26. The predicted octanol–water partition coefficient (Wildman–Crippen LogP) is 1.28. The number of hydrogen-bond donors (Lipinski definition) is 2. The predicted molar refractivity (Wildman–Crippen MR) is 77.3 cm³/mol. The molecule has 0 heterocycles. The smallest absolute Gasteiger partial charge is 0.253 e. The van der Waals surface area contributed by atoms with Gasteiger partial charge < -0.3 is 10.6 Å². The summed E-state index contributed by atoms with van der Waals surface area (Å²) < 4.78 is 21.9. The number of sulfone groups is 1. The van der Waals surface area contributed by atoms with Gasteiger partial charge >= 0.3 is 0 Å². The minimum atomic E-state index is -2.97. The van der Waals surface area contributed by atoms with Gasteiger partial charge in [0.2, 0.25) is 0 Å². The molecule has 1 aromatic carbocycles. The number of benzene rings is 1. The van der Waals surface area contributed by atoms with Crippen LogP contribution in [0.5, 0.6) is 0 Å². The molecular weight excluding hydrogens is 264 g/mol. The third-order valence-corrected chi connectivity index (χ3v) is 3.55. The van der Waals surface area contributed by atoms with Crippen molar-refractivity contribution in [2.75, 3.05) is 30.4 Å². The van der Waals surface area contributed by atoms with Gasteiger partial charge in [0.05, 0.1) is 11.3 Å². The molecule has 0 unspecified atom stereocenters. The van der Waals surface area contributed by atoms with Gasteiger partial charge in [-0.05, 0) is 25.5 Å². The summed E-state index contributed by atoms with van der Waals surface area (Å²) in [5.74, 6) is -0.104. The molecular formula is C13H20N2O3S. The van der Waals surface area contributed by atoms with Crippen LogP contribution in [0.15, 0.2) is 24.3 Å². The molecule has 0 saturated carbocycles. The molecule has 1 amide bonds. The molecule has 106 valence electrons. The molecule has 0 aliphatic carbocycles. The van der Waals surface area contributed by atoms with Gasteiger partial charge in [-0.1, -0.05) is 12.1 Å². The molecule has 0 saturated heterocycles. The first kappa shape index (κ1) is 15.5. The van der Waals surface area contributed by atoms with Crippen molar-refractivity contribution in [3.05, 3.63) is 29.8 Å². The Labute approximate surface area is 114 Å². The van der Waals surface area contributed by atoms with Crippen molar-refractivity contribution >= 4 is 21.4 Å². The van der Waals surface area contributed by atoms with Gasteiger partial charge in [-0.2, -0.15) is 0 Å². The average Bonchev–Trinajstić information content (AvgIpc) is 2.34. The van der Waals surface area contributed by atoms with Gasteiger partial charge in [-0.15, -0.1) is 0 Å². The fraction of sp³-hybridized carbons (Fsp3) is 0.462. The van der Waals surface area contributed by atoms with Crippen molar-refractivity contribution in [3.63, 3.8) is 0 Å². The van der Waals surface area contributed by atoms with Gasteiger partial charge in [-0.25, -0.2) is 8.42 Å². The highest BCUT2D eigenvalue weighted by Gasteiger charge is 2.10. The van der Waals surface area contributed by atoms with E-state index in [1.54, 1.807) is 12.1 Å². The van der Waals surface area contributed by atoms with Crippen LogP contribution in [0.2, 0.25) is 0 Å². The first-order valence-corrected chi connectivity index (χ1v) is 8.29. The van der Waals surface area contributed by atoms with Crippen molar-refractivity contribution in [2.24, 2.45) is 0 Å². The number of anilines is 1. The SMILES string of the molecule is CCNc1ccccc1C(=O)NCCCS(C)(=O)=O. The summed E-state index contributed by atoms with van der Waals surface area (Å²) in [6.45, 7) is 3.05. The van der Waals surface area contributed by atoms with E-state index in [0.717, 1.165) is 12.2 Å². The monoisotopic (exact) mass is 284 g/mol. The van der Waals surface area contributed by atoms with Crippen molar-refractivity contribution in [1.29, 1.82) is 0 Å². The molecule has 5 nitrogen and oxygen atoms in total. The summed E-state index contributed by atoms with van der Waals surface area (Å²) in [5, 5.41) is 5.84. The Balaban J connectivity index is 2.54. The van der Waals surface area contributed by atoms with E-state index in [0.29, 0.717) is 18.5 Å². The summed E-state index contributed by atoms with van der Waals surface area (Å²) >= 11 is 0. The maximum absolute atomic E-state index is 12.0. The number of amides is 1. The summed E-state index contributed by atoms with van der Waals surface area (Å²) in [4.78, 5) is 12.0. The molecule has 0 atom stereocenters. The van der Waals surface area contributed by atoms with Gasteiger partial charge in [0, 0.05) is 25.0 Å². The maximum Gasteiger partial charge on any atom is 0.253 e. The van der Waals surface area contributed by atoms with Crippen molar-refractivity contribution in [3.8, 4) is 0 Å². The highest BCUT2D eigenvalue weighted by molar-refractivity contribution is 7.90. The Morgan fingerprint density at radius 3 is 2.58 bits per heavy atom. The third-order valence-electron chi connectivity index (χ3n) is 2.52. The molecule has 1 rings (SSSR count). The van der Waals surface area contributed by atoms with E-state index in [1.807, 2.05) is 19.1 Å². The zero-order valence-corrected chi connectivity index (χ0v) is 12.1. The van der Waals surface area contributed by atoms with E-state index >= 15 is 0 Å². The van der Waals surface area contributed by atoms with E-state index in [-0.39, 0.29) is 11.7 Å². The largest absolute Gasteiger partial charge is 0.385 e. The number of nitrogens with one attached hydrogen (secondary N) is 2. The Bertz CT molecular complexity index is 526. The number of hydrogen-bond acceptors (Lipinski definition) is 4. The fourth-order valence-electron chi connectivity index (χ4n) is 1.66. The standard InChI is InChI=1S/C13H20N2O3S/c1-3-14-12-8-5-4-7-11(12)13(16)15-9-6-10-19(2,17)18/h4-5,7-8,14H,3,6,9-10H2,1-2H3,(H,15,16). The topological polar surface area (TPSA) is 75.3 Å². The molecule has 0 aromatic heterocycles. The van der Waals surface area contributed by atoms with Crippen LogP contribution in [0.4, 0.5) is 5.69 Å². The van der Waals surface area contributed by atoms with Crippen LogP contribution >= 0.6 is 0 Å². The summed E-state index contributed by atoms with van der Waals surface area (Å²) in [6.07, 6.45) is 1.61. The lowest BCUT2D eigenvalue weighted by Gasteiger charge is -2.10. The lowest BCUT2D eigenvalue weighted by molar-refractivity contribution is 0.0954. The number of para-hydroxylation sites is 1. The molecule has 0 radical (unpaired) electrons. The molecule has 6 heteroatoms. The van der Waals surface area contributed by atoms with E-state index in [1.165, 1.54) is 6.26 Å². The molecule has 0 fully saturated rings. The molecule has 0 aliphatic rings. The van der Waals surface area contributed by atoms with Crippen LogP contribution in [0.25, 0.3) is 0 Å². The van der Waals surface area contributed by atoms with Gasteiger partial charge in [0.25, 0.3) is 5.91 Å². The van der Waals surface area contributed by atoms with Gasteiger partial charge in [0.1, 0.15) is 9.84 Å². The lowest BCUT2D eigenvalue weighted by atomic mass is 10.1.